The lowest BCUT2D eigenvalue weighted by atomic mass is 9.98. The molecule has 6 heteroatoms. The van der Waals surface area contributed by atoms with E-state index >= 15 is 0 Å². The normalized spacial score (nSPS) is 12.3. The molecule has 2 heterocycles. The number of nitrogens with two attached hydrogens (primary N) is 1. The average molecular weight is 355 g/mol. The number of hydrogen-bond donors (Lipinski definition) is 2. The first kappa shape index (κ1) is 17.4. The Kier molecular flexibility index (Phi) is 5.31. The average Bonchev–Trinajstić information content (AvgIpc) is 2.98. The monoisotopic (exact) mass is 355 g/mol. The quantitative estimate of drug-likeness (QED) is 0.706. The zero-order chi connectivity index (χ0) is 17.8. The van der Waals surface area contributed by atoms with Gasteiger partial charge in [0.1, 0.15) is 5.75 Å². The standard InChI is InChI=1S/C19H21N3O2S/c1-12(2)24-15-5-3-13(4-6-15)16(10-20)19(23)22-18-9-14-7-8-21-11-17(14)25-18/h3-9,11-12,16H,10,20H2,1-2H3,(H,22,23). The molecule has 0 radical (unpaired) electrons. The van der Waals surface area contributed by atoms with E-state index in [1.807, 2.05) is 50.2 Å². The molecular weight excluding hydrogens is 334 g/mol. The first-order valence-corrected chi connectivity index (χ1v) is 8.99. The van der Waals surface area contributed by atoms with Crippen LogP contribution in [0.3, 0.4) is 0 Å². The van der Waals surface area contributed by atoms with Crippen LogP contribution in [0.2, 0.25) is 0 Å². The highest BCUT2D eigenvalue weighted by atomic mass is 32.1. The number of ether oxygens (including phenoxy) is 1. The van der Waals surface area contributed by atoms with Gasteiger partial charge in [-0.25, -0.2) is 0 Å². The third kappa shape index (κ3) is 4.15. The van der Waals surface area contributed by atoms with Gasteiger partial charge in [-0.3, -0.25) is 9.78 Å². The van der Waals surface area contributed by atoms with Crippen LogP contribution in [-0.2, 0) is 4.79 Å². The van der Waals surface area contributed by atoms with Crippen LogP contribution < -0.4 is 15.8 Å². The predicted molar refractivity (Wildman–Crippen MR) is 102 cm³/mol. The fourth-order valence-electron chi connectivity index (χ4n) is 2.60. The van der Waals surface area contributed by atoms with Crippen molar-refractivity contribution in [2.45, 2.75) is 25.9 Å². The molecule has 1 unspecified atom stereocenters. The van der Waals surface area contributed by atoms with Crippen LogP contribution in [0.15, 0.2) is 48.8 Å². The lowest BCUT2D eigenvalue weighted by Gasteiger charge is -2.16. The molecule has 0 saturated heterocycles. The van der Waals surface area contributed by atoms with Crippen LogP contribution in [0.5, 0.6) is 5.75 Å². The summed E-state index contributed by atoms with van der Waals surface area (Å²) < 4.78 is 6.68. The van der Waals surface area contributed by atoms with Crippen molar-refractivity contribution in [1.82, 2.24) is 4.98 Å². The molecule has 25 heavy (non-hydrogen) atoms. The molecule has 3 rings (SSSR count). The van der Waals surface area contributed by atoms with E-state index in [-0.39, 0.29) is 18.6 Å². The van der Waals surface area contributed by atoms with Gasteiger partial charge < -0.3 is 15.8 Å². The first-order chi connectivity index (χ1) is 12.1. The molecule has 1 atom stereocenters. The summed E-state index contributed by atoms with van der Waals surface area (Å²) in [7, 11) is 0. The van der Waals surface area contributed by atoms with E-state index in [0.717, 1.165) is 26.4 Å². The Balaban J connectivity index is 1.74. The number of nitrogens with zero attached hydrogens (tertiary/aromatic N) is 1. The molecule has 0 aliphatic heterocycles. The van der Waals surface area contributed by atoms with Crippen molar-refractivity contribution >= 4 is 32.3 Å². The van der Waals surface area contributed by atoms with Crippen molar-refractivity contribution < 1.29 is 9.53 Å². The van der Waals surface area contributed by atoms with Crippen molar-refractivity contribution in [1.29, 1.82) is 0 Å². The third-order valence-corrected chi connectivity index (χ3v) is 4.78. The van der Waals surface area contributed by atoms with Crippen molar-refractivity contribution in [3.05, 3.63) is 54.4 Å². The second kappa shape index (κ2) is 7.63. The summed E-state index contributed by atoms with van der Waals surface area (Å²) in [6, 6.07) is 11.4. The second-order valence-corrected chi connectivity index (χ2v) is 7.12. The SMILES string of the molecule is CC(C)Oc1ccc(C(CN)C(=O)Nc2cc3ccncc3s2)cc1. The summed E-state index contributed by atoms with van der Waals surface area (Å²) >= 11 is 1.50. The summed E-state index contributed by atoms with van der Waals surface area (Å²) in [4.78, 5) is 16.8. The van der Waals surface area contributed by atoms with Gasteiger partial charge >= 0.3 is 0 Å². The zero-order valence-corrected chi connectivity index (χ0v) is 15.0. The molecule has 0 aliphatic rings. The van der Waals surface area contributed by atoms with Crippen molar-refractivity contribution in [3.8, 4) is 5.75 Å². The van der Waals surface area contributed by atoms with E-state index in [2.05, 4.69) is 10.3 Å². The largest absolute Gasteiger partial charge is 0.491 e. The number of aromatic nitrogens is 1. The number of rotatable bonds is 6. The number of nitrogens with one attached hydrogen (secondary N) is 1. The van der Waals surface area contributed by atoms with Crippen molar-refractivity contribution in [2.24, 2.45) is 5.73 Å². The molecule has 2 aromatic heterocycles. The number of pyridine rings is 1. The summed E-state index contributed by atoms with van der Waals surface area (Å²) in [5, 5.41) is 4.83. The third-order valence-electron chi connectivity index (χ3n) is 3.78. The van der Waals surface area contributed by atoms with Gasteiger partial charge in [-0.1, -0.05) is 12.1 Å². The molecule has 0 saturated carbocycles. The minimum absolute atomic E-state index is 0.112. The van der Waals surface area contributed by atoms with Gasteiger partial charge in [-0.2, -0.15) is 0 Å². The Labute approximate surface area is 150 Å². The Morgan fingerprint density at radius 1 is 1.28 bits per heavy atom. The van der Waals surface area contributed by atoms with Gasteiger partial charge in [0.15, 0.2) is 0 Å². The highest BCUT2D eigenvalue weighted by Crippen LogP contribution is 2.30. The summed E-state index contributed by atoms with van der Waals surface area (Å²) in [6.45, 7) is 4.19. The Morgan fingerprint density at radius 3 is 2.68 bits per heavy atom. The summed E-state index contributed by atoms with van der Waals surface area (Å²) in [5.74, 6) is 0.267. The van der Waals surface area contributed by atoms with Gasteiger partial charge in [-0.05, 0) is 49.1 Å². The van der Waals surface area contributed by atoms with E-state index in [4.69, 9.17) is 10.5 Å². The zero-order valence-electron chi connectivity index (χ0n) is 14.2. The number of benzene rings is 1. The number of amides is 1. The lowest BCUT2D eigenvalue weighted by molar-refractivity contribution is -0.117. The number of carbonyl (C=O) groups is 1. The van der Waals surface area contributed by atoms with E-state index in [1.165, 1.54) is 11.3 Å². The predicted octanol–water partition coefficient (Wildman–Crippen LogP) is 3.76. The Hall–Kier alpha value is -2.44. The maximum atomic E-state index is 12.7. The van der Waals surface area contributed by atoms with Gasteiger partial charge in [0.25, 0.3) is 0 Å². The second-order valence-electron chi connectivity index (χ2n) is 6.04. The Morgan fingerprint density at radius 2 is 2.04 bits per heavy atom. The van der Waals surface area contributed by atoms with Gasteiger partial charge in [-0.15, -0.1) is 11.3 Å². The first-order valence-electron chi connectivity index (χ1n) is 8.18. The Bertz CT molecular complexity index is 825. The van der Waals surface area contributed by atoms with Gasteiger partial charge in [0.05, 0.1) is 21.7 Å². The molecule has 3 aromatic rings. The molecular formula is C19H21N3O2S. The molecule has 130 valence electrons. The maximum absolute atomic E-state index is 12.7. The highest BCUT2D eigenvalue weighted by molar-refractivity contribution is 7.22. The molecule has 0 fully saturated rings. The smallest absolute Gasteiger partial charge is 0.233 e. The molecule has 3 N–H and O–H groups in total. The van der Waals surface area contributed by atoms with Crippen LogP contribution >= 0.6 is 11.3 Å². The minimum atomic E-state index is -0.406. The van der Waals surface area contributed by atoms with Crippen LogP contribution in [0, 0.1) is 0 Å². The van der Waals surface area contributed by atoms with Crippen LogP contribution in [0.25, 0.3) is 10.1 Å². The van der Waals surface area contributed by atoms with Crippen LogP contribution in [0.1, 0.15) is 25.3 Å². The number of hydrogen-bond acceptors (Lipinski definition) is 5. The van der Waals surface area contributed by atoms with Crippen LogP contribution in [0.4, 0.5) is 5.00 Å². The maximum Gasteiger partial charge on any atom is 0.233 e. The van der Waals surface area contributed by atoms with E-state index in [9.17, 15) is 4.79 Å². The highest BCUT2D eigenvalue weighted by Gasteiger charge is 2.20. The van der Waals surface area contributed by atoms with Crippen LogP contribution in [-0.4, -0.2) is 23.5 Å². The molecule has 0 spiro atoms. The number of fused-ring (bicyclic) bond motifs is 1. The summed E-state index contributed by atoms with van der Waals surface area (Å²) in [5.41, 5.74) is 6.73. The van der Waals surface area contributed by atoms with Crippen molar-refractivity contribution in [2.75, 3.05) is 11.9 Å². The summed E-state index contributed by atoms with van der Waals surface area (Å²) in [6.07, 6.45) is 3.65. The fourth-order valence-corrected chi connectivity index (χ4v) is 3.53. The minimum Gasteiger partial charge on any atom is -0.491 e. The molecule has 1 amide bonds. The topological polar surface area (TPSA) is 77.2 Å². The van der Waals surface area contributed by atoms with E-state index < -0.39 is 5.92 Å². The number of anilines is 1. The van der Waals surface area contributed by atoms with Gasteiger partial charge in [0.2, 0.25) is 5.91 Å². The number of thiophene rings is 1. The molecule has 0 bridgehead atoms. The van der Waals surface area contributed by atoms with Crippen molar-refractivity contribution in [3.63, 3.8) is 0 Å². The molecule has 0 aliphatic carbocycles. The lowest BCUT2D eigenvalue weighted by Crippen LogP contribution is -2.27. The van der Waals surface area contributed by atoms with Gasteiger partial charge in [0, 0.05) is 18.9 Å². The van der Waals surface area contributed by atoms with E-state index in [0.29, 0.717) is 0 Å². The molecule has 5 nitrogen and oxygen atoms in total. The molecule has 1 aromatic carbocycles. The fraction of sp³-hybridized carbons (Fsp3) is 0.263. The number of carbonyl (C=O) groups excluding carboxylic acids is 1. The van der Waals surface area contributed by atoms with E-state index in [1.54, 1.807) is 12.4 Å².